The molecule has 0 amide bonds. The average molecular weight is 662 g/mol. The van der Waals surface area contributed by atoms with Gasteiger partial charge in [-0.3, -0.25) is 9.48 Å². The molecule has 0 aliphatic rings. The standard InChI is InChI=1S/C34H47N7O5Si/c1-23-18-30(40(5)39-23)38-33-37-27-21-25(32(43)44-6)12-13-28(27)41(33)15-10-9-14-36-31-26(35)19-24(22-42)20-29(31)45-16-11-17-46-47(7,8)34(2,3)4/h9-10,12-13,18-22,36H,11,14-17,35H2,1-8H3,(H,37,38)/b10-9+. The van der Waals surface area contributed by atoms with Gasteiger partial charge in [0.2, 0.25) is 5.95 Å². The summed E-state index contributed by atoms with van der Waals surface area (Å²) in [5.41, 5.74) is 10.6. The molecule has 0 spiro atoms. The van der Waals surface area contributed by atoms with Crippen LogP contribution in [0.4, 0.5) is 23.1 Å². The zero-order valence-corrected chi connectivity index (χ0v) is 29.6. The van der Waals surface area contributed by atoms with Crippen molar-refractivity contribution < 1.29 is 23.5 Å². The summed E-state index contributed by atoms with van der Waals surface area (Å²) >= 11 is 0. The number of nitrogens with two attached hydrogens (primary N) is 1. The molecule has 4 aromatic rings. The topological polar surface area (TPSA) is 148 Å². The van der Waals surface area contributed by atoms with Crippen LogP contribution in [0.3, 0.4) is 0 Å². The normalized spacial score (nSPS) is 12.1. The van der Waals surface area contributed by atoms with Crippen LogP contribution in [-0.2, 0) is 22.8 Å². The molecule has 47 heavy (non-hydrogen) atoms. The van der Waals surface area contributed by atoms with E-state index in [4.69, 9.17) is 24.6 Å². The highest BCUT2D eigenvalue weighted by Gasteiger charge is 2.36. The molecule has 0 bridgehead atoms. The fourth-order valence-electron chi connectivity index (χ4n) is 4.74. The van der Waals surface area contributed by atoms with Gasteiger partial charge in [-0.15, -0.1) is 0 Å². The number of aromatic nitrogens is 4. The van der Waals surface area contributed by atoms with Crippen molar-refractivity contribution in [1.29, 1.82) is 0 Å². The summed E-state index contributed by atoms with van der Waals surface area (Å²) in [6, 6.07) is 10.6. The lowest BCUT2D eigenvalue weighted by atomic mass is 10.1. The molecule has 0 saturated heterocycles. The number of aryl methyl sites for hydroxylation is 2. The van der Waals surface area contributed by atoms with Gasteiger partial charge in [0.1, 0.15) is 23.5 Å². The summed E-state index contributed by atoms with van der Waals surface area (Å²) in [6.07, 6.45) is 5.47. The second-order valence-corrected chi connectivity index (χ2v) is 17.7. The van der Waals surface area contributed by atoms with E-state index in [9.17, 15) is 9.59 Å². The minimum absolute atomic E-state index is 0.139. The number of ether oxygens (including phenoxy) is 2. The molecule has 0 aliphatic heterocycles. The Kier molecular flexibility index (Phi) is 11.1. The van der Waals surface area contributed by atoms with Crippen molar-refractivity contribution in [3.63, 3.8) is 0 Å². The molecule has 0 fully saturated rings. The predicted molar refractivity (Wildman–Crippen MR) is 189 cm³/mol. The van der Waals surface area contributed by atoms with Crippen LogP contribution in [0.5, 0.6) is 5.75 Å². The first-order valence-corrected chi connectivity index (χ1v) is 18.6. The van der Waals surface area contributed by atoms with Crippen molar-refractivity contribution in [2.45, 2.75) is 58.8 Å². The molecule has 2 aromatic heterocycles. The Morgan fingerprint density at radius 2 is 1.87 bits per heavy atom. The molecule has 13 heteroatoms. The van der Waals surface area contributed by atoms with Crippen LogP contribution in [-0.4, -0.2) is 66.8 Å². The van der Waals surface area contributed by atoms with Gasteiger partial charge in [0.05, 0.1) is 41.7 Å². The number of hydrogen-bond acceptors (Lipinski definition) is 10. The van der Waals surface area contributed by atoms with Crippen LogP contribution in [0.1, 0.15) is 53.6 Å². The van der Waals surface area contributed by atoms with Gasteiger partial charge in [0.15, 0.2) is 8.32 Å². The monoisotopic (exact) mass is 661 g/mol. The molecule has 2 heterocycles. The van der Waals surface area contributed by atoms with Crippen molar-refractivity contribution in [3.8, 4) is 5.75 Å². The summed E-state index contributed by atoms with van der Waals surface area (Å²) in [4.78, 5) is 28.5. The minimum Gasteiger partial charge on any atom is -0.491 e. The average Bonchev–Trinajstić information content (AvgIpc) is 3.52. The molecule has 0 unspecified atom stereocenters. The number of esters is 1. The van der Waals surface area contributed by atoms with E-state index in [0.29, 0.717) is 72.4 Å². The maximum atomic E-state index is 12.1. The third kappa shape index (κ3) is 8.60. The highest BCUT2D eigenvalue weighted by atomic mass is 28.4. The molecule has 252 valence electrons. The van der Waals surface area contributed by atoms with E-state index in [1.807, 2.05) is 42.8 Å². The molecular formula is C34H47N7O5Si. The number of nitrogen functional groups attached to an aromatic ring is 1. The number of nitrogens with one attached hydrogen (secondary N) is 2. The summed E-state index contributed by atoms with van der Waals surface area (Å²) in [5, 5.41) is 11.3. The number of anilines is 4. The Morgan fingerprint density at radius 3 is 2.53 bits per heavy atom. The zero-order valence-electron chi connectivity index (χ0n) is 28.6. The van der Waals surface area contributed by atoms with Gasteiger partial charge in [0.25, 0.3) is 0 Å². The Balaban J connectivity index is 1.46. The summed E-state index contributed by atoms with van der Waals surface area (Å²) in [5.74, 6) is 1.48. The summed E-state index contributed by atoms with van der Waals surface area (Å²) in [6.45, 7) is 15.0. The molecule has 0 radical (unpaired) electrons. The number of carbonyl (C=O) groups excluding carboxylic acids is 2. The van der Waals surface area contributed by atoms with E-state index in [2.05, 4.69) is 49.6 Å². The summed E-state index contributed by atoms with van der Waals surface area (Å²) in [7, 11) is 1.38. The smallest absolute Gasteiger partial charge is 0.337 e. The lowest BCUT2D eigenvalue weighted by molar-refractivity contribution is 0.0600. The molecular weight excluding hydrogens is 615 g/mol. The van der Waals surface area contributed by atoms with Gasteiger partial charge >= 0.3 is 5.97 Å². The number of methoxy groups -OCH3 is 1. The molecule has 4 N–H and O–H groups in total. The van der Waals surface area contributed by atoms with Crippen LogP contribution in [0.15, 0.2) is 48.6 Å². The van der Waals surface area contributed by atoms with Crippen molar-refractivity contribution >= 4 is 54.7 Å². The Bertz CT molecular complexity index is 1750. The number of rotatable bonds is 15. The largest absolute Gasteiger partial charge is 0.491 e. The Labute approximate surface area is 277 Å². The highest BCUT2D eigenvalue weighted by molar-refractivity contribution is 6.74. The van der Waals surface area contributed by atoms with E-state index in [1.54, 1.807) is 28.9 Å². The number of nitrogens with zero attached hydrogens (tertiary/aromatic N) is 4. The van der Waals surface area contributed by atoms with Gasteiger partial charge in [-0.2, -0.15) is 5.10 Å². The maximum absolute atomic E-state index is 12.1. The first-order valence-electron chi connectivity index (χ1n) is 15.6. The van der Waals surface area contributed by atoms with E-state index >= 15 is 0 Å². The fraction of sp³-hybridized carbons (Fsp3) is 0.412. The fourth-order valence-corrected chi connectivity index (χ4v) is 5.82. The molecule has 2 aromatic carbocycles. The van der Waals surface area contributed by atoms with Gasteiger partial charge in [0, 0.05) is 44.8 Å². The number of benzene rings is 2. The van der Waals surface area contributed by atoms with Crippen LogP contribution in [0, 0.1) is 6.92 Å². The van der Waals surface area contributed by atoms with Crippen molar-refractivity contribution in [3.05, 3.63) is 65.4 Å². The first kappa shape index (κ1) is 35.2. The SMILES string of the molecule is COC(=O)c1ccc2c(c1)nc(Nc1cc(C)nn1C)n2C/C=C/CNc1c(N)cc(C=O)cc1OCCCO[Si](C)(C)C(C)(C)C. The maximum Gasteiger partial charge on any atom is 0.337 e. The zero-order chi connectivity index (χ0) is 34.4. The van der Waals surface area contributed by atoms with Crippen molar-refractivity contribution in [2.75, 3.05) is 43.2 Å². The number of aldehydes is 1. The first-order chi connectivity index (χ1) is 22.2. The number of allylic oxidation sites excluding steroid dienone is 1. The van der Waals surface area contributed by atoms with Crippen molar-refractivity contribution in [2.24, 2.45) is 7.05 Å². The van der Waals surface area contributed by atoms with Crippen LogP contribution in [0.25, 0.3) is 11.0 Å². The van der Waals surface area contributed by atoms with Gasteiger partial charge in [-0.1, -0.05) is 32.9 Å². The lowest BCUT2D eigenvalue weighted by Crippen LogP contribution is -2.41. The number of fused-ring (bicyclic) bond motifs is 1. The second kappa shape index (κ2) is 14.9. The second-order valence-electron chi connectivity index (χ2n) is 12.9. The van der Waals surface area contributed by atoms with E-state index in [-0.39, 0.29) is 5.04 Å². The molecule has 0 atom stereocenters. The van der Waals surface area contributed by atoms with Gasteiger partial charge in [-0.25, -0.2) is 9.78 Å². The lowest BCUT2D eigenvalue weighted by Gasteiger charge is -2.36. The molecule has 0 aliphatic carbocycles. The van der Waals surface area contributed by atoms with Crippen LogP contribution in [0.2, 0.25) is 18.1 Å². The Morgan fingerprint density at radius 1 is 1.11 bits per heavy atom. The quantitative estimate of drug-likeness (QED) is 0.0324. The minimum atomic E-state index is -1.84. The summed E-state index contributed by atoms with van der Waals surface area (Å²) < 4.78 is 21.0. The van der Waals surface area contributed by atoms with E-state index in [1.165, 1.54) is 7.11 Å². The van der Waals surface area contributed by atoms with Crippen LogP contribution >= 0.6 is 0 Å². The van der Waals surface area contributed by atoms with Gasteiger partial charge in [-0.05, 0) is 55.4 Å². The van der Waals surface area contributed by atoms with Crippen molar-refractivity contribution in [1.82, 2.24) is 19.3 Å². The molecule has 0 saturated carbocycles. The highest BCUT2D eigenvalue weighted by Crippen LogP contribution is 2.37. The molecule has 4 rings (SSSR count). The van der Waals surface area contributed by atoms with E-state index < -0.39 is 14.3 Å². The Hall–Kier alpha value is -4.62. The number of imidazole rings is 1. The van der Waals surface area contributed by atoms with E-state index in [0.717, 1.165) is 23.3 Å². The van der Waals surface area contributed by atoms with Crippen LogP contribution < -0.4 is 21.1 Å². The predicted octanol–water partition coefficient (Wildman–Crippen LogP) is 6.46. The number of hydrogen-bond donors (Lipinski definition) is 3. The number of carbonyl (C=O) groups is 2. The molecule has 12 nitrogen and oxygen atoms in total. The third-order valence-corrected chi connectivity index (χ3v) is 12.9. The van der Waals surface area contributed by atoms with Gasteiger partial charge < -0.3 is 34.8 Å². The third-order valence-electron chi connectivity index (χ3n) is 8.37.